The molecule has 5 heteroatoms. The van der Waals surface area contributed by atoms with Gasteiger partial charge < -0.3 is 10.4 Å². The predicted octanol–water partition coefficient (Wildman–Crippen LogP) is 1.98. The fraction of sp³-hybridized carbons (Fsp3) is 0.538. The van der Waals surface area contributed by atoms with Gasteiger partial charge in [-0.2, -0.15) is 0 Å². The van der Waals surface area contributed by atoms with E-state index >= 15 is 0 Å². The minimum absolute atomic E-state index is 0.0130. The van der Waals surface area contributed by atoms with Gasteiger partial charge in [-0.05, 0) is 44.4 Å². The Morgan fingerprint density at radius 1 is 1.44 bits per heavy atom. The van der Waals surface area contributed by atoms with Crippen LogP contribution in [-0.2, 0) is 0 Å². The fourth-order valence-electron chi connectivity index (χ4n) is 1.78. The Labute approximate surface area is 108 Å². The van der Waals surface area contributed by atoms with Gasteiger partial charge in [-0.3, -0.25) is 5.32 Å². The van der Waals surface area contributed by atoms with Crippen molar-refractivity contribution in [2.24, 2.45) is 0 Å². The van der Waals surface area contributed by atoms with Gasteiger partial charge in [0.05, 0.1) is 0 Å². The molecule has 2 amide bonds. The highest BCUT2D eigenvalue weighted by Gasteiger charge is 2.10. The third kappa shape index (κ3) is 4.71. The van der Waals surface area contributed by atoms with Crippen molar-refractivity contribution in [3.8, 4) is 0 Å². The first-order chi connectivity index (χ1) is 8.55. The lowest BCUT2D eigenvalue weighted by molar-refractivity contribution is 0.237. The number of carbonyl (C=O) groups is 1. The van der Waals surface area contributed by atoms with Crippen LogP contribution in [0.15, 0.2) is 12.1 Å². The van der Waals surface area contributed by atoms with Crippen LogP contribution in [0.4, 0.5) is 10.6 Å². The van der Waals surface area contributed by atoms with Gasteiger partial charge >= 0.3 is 6.03 Å². The number of urea groups is 1. The second-order valence-corrected chi connectivity index (χ2v) is 4.39. The van der Waals surface area contributed by atoms with Crippen LogP contribution in [0.1, 0.15) is 31.0 Å². The average molecular weight is 251 g/mol. The molecule has 3 N–H and O–H groups in total. The van der Waals surface area contributed by atoms with E-state index in [4.69, 9.17) is 5.11 Å². The molecule has 100 valence electrons. The minimum Gasteiger partial charge on any atom is -0.396 e. The first-order valence-electron chi connectivity index (χ1n) is 6.18. The standard InChI is InChI=1S/C13H21N3O2/c1-4-11(5-6-17)15-13(18)16-12-8-9(2)7-10(3)14-12/h7-8,11,17H,4-6H2,1-3H3,(H2,14,15,16,18)/t11-/m0/s1. The number of anilines is 1. The molecule has 0 aliphatic carbocycles. The van der Waals surface area contributed by atoms with Crippen molar-refractivity contribution < 1.29 is 9.90 Å². The molecular formula is C13H21N3O2. The highest BCUT2D eigenvalue weighted by atomic mass is 16.3. The van der Waals surface area contributed by atoms with Crippen LogP contribution < -0.4 is 10.6 Å². The molecule has 0 saturated carbocycles. The third-order valence-electron chi connectivity index (χ3n) is 2.64. The molecule has 1 heterocycles. The molecule has 1 rings (SSSR count). The van der Waals surface area contributed by atoms with Gasteiger partial charge in [0.25, 0.3) is 0 Å². The summed E-state index contributed by atoms with van der Waals surface area (Å²) >= 11 is 0. The van der Waals surface area contributed by atoms with Crippen LogP contribution in [0.25, 0.3) is 0 Å². The number of aliphatic hydroxyl groups is 1. The van der Waals surface area contributed by atoms with Crippen molar-refractivity contribution >= 4 is 11.8 Å². The van der Waals surface area contributed by atoms with Crippen molar-refractivity contribution in [3.63, 3.8) is 0 Å². The smallest absolute Gasteiger partial charge is 0.320 e. The van der Waals surface area contributed by atoms with E-state index in [0.29, 0.717) is 12.2 Å². The van der Waals surface area contributed by atoms with Crippen LogP contribution in [0.5, 0.6) is 0 Å². The summed E-state index contributed by atoms with van der Waals surface area (Å²) in [5, 5.41) is 14.4. The summed E-state index contributed by atoms with van der Waals surface area (Å²) in [7, 11) is 0. The van der Waals surface area contributed by atoms with Crippen LogP contribution >= 0.6 is 0 Å². The predicted molar refractivity (Wildman–Crippen MR) is 71.6 cm³/mol. The summed E-state index contributed by atoms with van der Waals surface area (Å²) in [5.74, 6) is 0.545. The number of amides is 2. The Morgan fingerprint density at radius 2 is 2.17 bits per heavy atom. The van der Waals surface area contributed by atoms with Gasteiger partial charge in [-0.15, -0.1) is 0 Å². The van der Waals surface area contributed by atoms with Gasteiger partial charge in [0, 0.05) is 18.3 Å². The summed E-state index contributed by atoms with van der Waals surface area (Å²) in [5.41, 5.74) is 1.92. The number of hydrogen-bond acceptors (Lipinski definition) is 3. The Hall–Kier alpha value is -1.62. The minimum atomic E-state index is -0.284. The molecule has 0 spiro atoms. The van der Waals surface area contributed by atoms with Crippen LogP contribution in [-0.4, -0.2) is 28.8 Å². The lowest BCUT2D eigenvalue weighted by atomic mass is 10.2. The van der Waals surface area contributed by atoms with Crippen molar-refractivity contribution in [3.05, 3.63) is 23.4 Å². The van der Waals surface area contributed by atoms with E-state index in [1.165, 1.54) is 0 Å². The van der Waals surface area contributed by atoms with E-state index < -0.39 is 0 Å². The molecule has 0 aromatic carbocycles. The molecule has 1 aromatic rings. The van der Waals surface area contributed by atoms with Crippen LogP contribution in [0.3, 0.4) is 0 Å². The first kappa shape index (κ1) is 14.4. The number of rotatable bonds is 5. The summed E-state index contributed by atoms with van der Waals surface area (Å²) in [6.07, 6.45) is 1.35. The van der Waals surface area contributed by atoms with E-state index in [1.54, 1.807) is 0 Å². The van der Waals surface area contributed by atoms with Gasteiger partial charge in [-0.1, -0.05) is 6.92 Å². The summed E-state index contributed by atoms with van der Waals surface area (Å²) < 4.78 is 0. The zero-order valence-electron chi connectivity index (χ0n) is 11.2. The molecule has 0 aliphatic rings. The molecule has 1 atom stereocenters. The Kier molecular flexibility index (Phi) is 5.58. The van der Waals surface area contributed by atoms with Gasteiger partial charge in [0.1, 0.15) is 5.82 Å². The van der Waals surface area contributed by atoms with Crippen molar-refractivity contribution in [2.75, 3.05) is 11.9 Å². The molecule has 18 heavy (non-hydrogen) atoms. The van der Waals surface area contributed by atoms with E-state index in [2.05, 4.69) is 15.6 Å². The Balaban J connectivity index is 2.58. The first-order valence-corrected chi connectivity index (χ1v) is 6.18. The molecule has 0 radical (unpaired) electrons. The normalized spacial score (nSPS) is 12.0. The van der Waals surface area contributed by atoms with Gasteiger partial charge in [0.2, 0.25) is 0 Å². The third-order valence-corrected chi connectivity index (χ3v) is 2.64. The van der Waals surface area contributed by atoms with Gasteiger partial charge in [-0.25, -0.2) is 9.78 Å². The second-order valence-electron chi connectivity index (χ2n) is 4.39. The highest BCUT2D eigenvalue weighted by molar-refractivity contribution is 5.88. The fourth-order valence-corrected chi connectivity index (χ4v) is 1.78. The van der Waals surface area contributed by atoms with Crippen LogP contribution in [0, 0.1) is 13.8 Å². The number of pyridine rings is 1. The number of nitrogens with one attached hydrogen (secondary N) is 2. The number of hydrogen-bond donors (Lipinski definition) is 3. The van der Waals surface area contributed by atoms with E-state index in [0.717, 1.165) is 17.7 Å². The average Bonchev–Trinajstić information content (AvgIpc) is 2.26. The highest BCUT2D eigenvalue weighted by Crippen LogP contribution is 2.09. The molecule has 1 aromatic heterocycles. The molecule has 5 nitrogen and oxygen atoms in total. The second kappa shape index (κ2) is 6.96. The van der Waals surface area contributed by atoms with E-state index in [9.17, 15) is 4.79 Å². The zero-order chi connectivity index (χ0) is 13.5. The van der Waals surface area contributed by atoms with Crippen molar-refractivity contribution in [1.82, 2.24) is 10.3 Å². The van der Waals surface area contributed by atoms with Gasteiger partial charge in [0.15, 0.2) is 0 Å². The number of aromatic nitrogens is 1. The quantitative estimate of drug-likeness (QED) is 0.749. The number of aliphatic hydroxyl groups excluding tert-OH is 1. The number of carbonyl (C=O) groups excluding carboxylic acids is 1. The Bertz CT molecular complexity index is 387. The zero-order valence-corrected chi connectivity index (χ0v) is 11.2. The SMILES string of the molecule is CC[C@@H](CCO)NC(=O)Nc1cc(C)cc(C)n1. The molecule has 0 fully saturated rings. The Morgan fingerprint density at radius 3 is 2.72 bits per heavy atom. The molecule has 0 unspecified atom stereocenters. The summed E-state index contributed by atoms with van der Waals surface area (Å²) in [6, 6.07) is 3.47. The largest absolute Gasteiger partial charge is 0.396 e. The van der Waals surface area contributed by atoms with Crippen molar-refractivity contribution in [2.45, 2.75) is 39.7 Å². The lowest BCUT2D eigenvalue weighted by Crippen LogP contribution is -2.38. The number of nitrogens with zero attached hydrogens (tertiary/aromatic N) is 1. The summed E-state index contributed by atoms with van der Waals surface area (Å²) in [4.78, 5) is 16.0. The van der Waals surface area contributed by atoms with E-state index in [-0.39, 0.29) is 18.7 Å². The number of aryl methyl sites for hydroxylation is 2. The molecular weight excluding hydrogens is 230 g/mol. The molecule has 0 saturated heterocycles. The lowest BCUT2D eigenvalue weighted by Gasteiger charge is -2.16. The summed E-state index contributed by atoms with van der Waals surface area (Å²) in [6.45, 7) is 5.88. The monoisotopic (exact) mass is 251 g/mol. The maximum absolute atomic E-state index is 11.7. The van der Waals surface area contributed by atoms with Crippen molar-refractivity contribution in [1.29, 1.82) is 0 Å². The maximum Gasteiger partial charge on any atom is 0.320 e. The molecule has 0 bridgehead atoms. The van der Waals surface area contributed by atoms with Crippen LogP contribution in [0.2, 0.25) is 0 Å². The molecule has 0 aliphatic heterocycles. The van der Waals surface area contributed by atoms with E-state index in [1.807, 2.05) is 32.9 Å². The maximum atomic E-state index is 11.7. The topological polar surface area (TPSA) is 74.2 Å².